The predicted molar refractivity (Wildman–Crippen MR) is 118 cm³/mol. The van der Waals surface area contributed by atoms with E-state index in [2.05, 4.69) is 65.8 Å². The van der Waals surface area contributed by atoms with Crippen molar-refractivity contribution in [1.82, 2.24) is 0 Å². The van der Waals surface area contributed by atoms with E-state index in [-0.39, 0.29) is 5.60 Å². The van der Waals surface area contributed by atoms with Crippen LogP contribution in [0.15, 0.2) is 46.6 Å². The summed E-state index contributed by atoms with van der Waals surface area (Å²) in [5.74, 6) is 0. The lowest BCUT2D eigenvalue weighted by Gasteiger charge is -2.19. The fraction of sp³-hybridized carbons (Fsp3) is 0.680. The number of hydrogen-bond donors (Lipinski definition) is 0. The topological polar surface area (TPSA) is 18.5 Å². The molecule has 1 rings (SSSR count). The predicted octanol–water partition coefficient (Wildman–Crippen LogP) is 7.68. The summed E-state index contributed by atoms with van der Waals surface area (Å²) in [5.41, 5.74) is 5.85. The molecule has 1 atom stereocenters. The molecule has 0 aromatic rings. The molecule has 0 radical (unpaired) electrons. The van der Waals surface area contributed by atoms with Crippen LogP contribution >= 0.6 is 0 Å². The van der Waals surface area contributed by atoms with Gasteiger partial charge in [-0.1, -0.05) is 46.6 Å². The Morgan fingerprint density at radius 1 is 0.741 bits per heavy atom. The van der Waals surface area contributed by atoms with Gasteiger partial charge in [0, 0.05) is 0 Å². The first-order valence-corrected chi connectivity index (χ1v) is 10.6. The lowest BCUT2D eigenvalue weighted by Crippen LogP contribution is -2.26. The molecule has 154 valence electrons. The number of rotatable bonds is 12. The quantitative estimate of drug-likeness (QED) is 0.326. The van der Waals surface area contributed by atoms with Crippen LogP contribution in [0.4, 0.5) is 0 Å². The highest BCUT2D eigenvalue weighted by Gasteiger charge is 2.29. The van der Waals surface area contributed by atoms with Crippen molar-refractivity contribution < 1.29 is 9.47 Å². The lowest BCUT2D eigenvalue weighted by molar-refractivity contribution is -0.00175. The maximum Gasteiger partial charge on any atom is 0.147 e. The first-order chi connectivity index (χ1) is 12.8. The average molecular weight is 375 g/mol. The molecule has 0 aliphatic carbocycles. The van der Waals surface area contributed by atoms with Crippen LogP contribution in [0.1, 0.15) is 92.9 Å². The SMILES string of the molecule is CC(C)=CCC/C(C)=C/CC/C(C)=C/CC/C(C)=C/CCC1(C)COCO1. The van der Waals surface area contributed by atoms with E-state index in [1.165, 1.54) is 48.0 Å². The van der Waals surface area contributed by atoms with E-state index < -0.39 is 0 Å². The van der Waals surface area contributed by atoms with Crippen LogP contribution in [0.3, 0.4) is 0 Å². The molecule has 0 aromatic carbocycles. The molecule has 1 fully saturated rings. The summed E-state index contributed by atoms with van der Waals surface area (Å²) in [5, 5.41) is 0. The first kappa shape index (κ1) is 23.9. The van der Waals surface area contributed by atoms with Crippen LogP contribution in [-0.2, 0) is 9.47 Å². The zero-order valence-corrected chi connectivity index (χ0v) is 18.7. The minimum atomic E-state index is -0.0788. The molecule has 1 unspecified atom stereocenters. The molecule has 0 saturated carbocycles. The minimum absolute atomic E-state index is 0.0788. The summed E-state index contributed by atoms with van der Waals surface area (Å²) in [4.78, 5) is 0. The fourth-order valence-electron chi connectivity index (χ4n) is 3.24. The largest absolute Gasteiger partial charge is 0.352 e. The van der Waals surface area contributed by atoms with Crippen LogP contribution in [0, 0.1) is 0 Å². The van der Waals surface area contributed by atoms with Crippen molar-refractivity contribution in [2.75, 3.05) is 13.4 Å². The molecule has 1 heterocycles. The summed E-state index contributed by atoms with van der Waals surface area (Å²) in [7, 11) is 0. The molecule has 1 aliphatic heterocycles. The molecule has 2 heteroatoms. The Labute approximate surface area is 168 Å². The summed E-state index contributed by atoms with van der Waals surface area (Å²) < 4.78 is 11.0. The van der Waals surface area contributed by atoms with Gasteiger partial charge in [0.25, 0.3) is 0 Å². The normalized spacial score (nSPS) is 21.6. The van der Waals surface area contributed by atoms with E-state index in [1.54, 1.807) is 0 Å². The minimum Gasteiger partial charge on any atom is -0.352 e. The third kappa shape index (κ3) is 12.0. The average Bonchev–Trinajstić information content (AvgIpc) is 3.01. The summed E-state index contributed by atoms with van der Waals surface area (Å²) in [6, 6.07) is 0. The summed E-state index contributed by atoms with van der Waals surface area (Å²) in [6.45, 7) is 14.4. The van der Waals surface area contributed by atoms with Crippen LogP contribution < -0.4 is 0 Å². The maximum atomic E-state index is 5.65. The smallest absolute Gasteiger partial charge is 0.147 e. The molecule has 0 amide bonds. The van der Waals surface area contributed by atoms with Gasteiger partial charge in [-0.2, -0.15) is 0 Å². The van der Waals surface area contributed by atoms with Crippen molar-refractivity contribution >= 4 is 0 Å². The molecule has 0 aromatic heterocycles. The highest BCUT2D eigenvalue weighted by molar-refractivity contribution is 5.07. The van der Waals surface area contributed by atoms with Crippen LogP contribution in [0.25, 0.3) is 0 Å². The molecule has 0 bridgehead atoms. The van der Waals surface area contributed by atoms with E-state index in [0.29, 0.717) is 6.79 Å². The molecule has 0 N–H and O–H groups in total. The second-order valence-electron chi connectivity index (χ2n) is 8.65. The van der Waals surface area contributed by atoms with Crippen molar-refractivity contribution in [1.29, 1.82) is 0 Å². The van der Waals surface area contributed by atoms with E-state index in [4.69, 9.17) is 9.47 Å². The molecule has 1 saturated heterocycles. The van der Waals surface area contributed by atoms with E-state index in [9.17, 15) is 0 Å². The second kappa shape index (κ2) is 13.1. The van der Waals surface area contributed by atoms with Gasteiger partial charge >= 0.3 is 0 Å². The molecule has 2 nitrogen and oxygen atoms in total. The van der Waals surface area contributed by atoms with Gasteiger partial charge < -0.3 is 9.47 Å². The van der Waals surface area contributed by atoms with Crippen LogP contribution in [-0.4, -0.2) is 19.0 Å². The highest BCUT2D eigenvalue weighted by Crippen LogP contribution is 2.24. The Kier molecular flexibility index (Phi) is 11.6. The summed E-state index contributed by atoms with van der Waals surface area (Å²) >= 11 is 0. The van der Waals surface area contributed by atoms with Crippen molar-refractivity contribution in [3.05, 3.63) is 46.6 Å². The Bertz CT molecular complexity index is 539. The highest BCUT2D eigenvalue weighted by atomic mass is 16.7. The lowest BCUT2D eigenvalue weighted by atomic mass is 9.99. The van der Waals surface area contributed by atoms with Crippen molar-refractivity contribution in [2.45, 2.75) is 98.5 Å². The van der Waals surface area contributed by atoms with Gasteiger partial charge in [0.1, 0.15) is 6.79 Å². The Morgan fingerprint density at radius 2 is 1.22 bits per heavy atom. The number of allylic oxidation sites excluding steroid dienone is 8. The zero-order chi connectivity index (χ0) is 20.1. The Hall–Kier alpha value is -1.12. The van der Waals surface area contributed by atoms with Crippen molar-refractivity contribution in [3.8, 4) is 0 Å². The van der Waals surface area contributed by atoms with Gasteiger partial charge in [-0.3, -0.25) is 0 Å². The zero-order valence-electron chi connectivity index (χ0n) is 18.7. The first-order valence-electron chi connectivity index (χ1n) is 10.6. The van der Waals surface area contributed by atoms with Crippen LogP contribution in [0.2, 0.25) is 0 Å². The van der Waals surface area contributed by atoms with Gasteiger partial charge in [-0.05, 0) is 92.9 Å². The number of ether oxygens (including phenoxy) is 2. The Balaban J connectivity index is 2.19. The standard InChI is InChI=1S/C25H42O2/c1-21(2)11-7-12-22(3)13-8-14-23(4)15-9-16-24(5)17-10-18-25(6)19-26-20-27-25/h11,13,15,17H,7-10,12,14,16,18-20H2,1-6H3/b22-13+,23-15+,24-17+. The van der Waals surface area contributed by atoms with Gasteiger partial charge in [0.2, 0.25) is 0 Å². The third-order valence-corrected chi connectivity index (χ3v) is 5.22. The van der Waals surface area contributed by atoms with E-state index in [1.807, 2.05) is 0 Å². The van der Waals surface area contributed by atoms with Gasteiger partial charge in [0.05, 0.1) is 12.2 Å². The van der Waals surface area contributed by atoms with Crippen molar-refractivity contribution in [3.63, 3.8) is 0 Å². The van der Waals surface area contributed by atoms with Gasteiger partial charge in [0.15, 0.2) is 0 Å². The van der Waals surface area contributed by atoms with Crippen LogP contribution in [0.5, 0.6) is 0 Å². The van der Waals surface area contributed by atoms with E-state index >= 15 is 0 Å². The maximum absolute atomic E-state index is 5.65. The fourth-order valence-corrected chi connectivity index (χ4v) is 3.24. The molecule has 1 aliphatic rings. The molecular formula is C25H42O2. The molecule has 0 spiro atoms. The Morgan fingerprint density at radius 3 is 1.67 bits per heavy atom. The van der Waals surface area contributed by atoms with Gasteiger partial charge in [-0.15, -0.1) is 0 Å². The molecule has 27 heavy (non-hydrogen) atoms. The number of hydrogen-bond acceptors (Lipinski definition) is 2. The summed E-state index contributed by atoms with van der Waals surface area (Å²) in [6.07, 6.45) is 18.6. The second-order valence-corrected chi connectivity index (χ2v) is 8.65. The molecular weight excluding hydrogens is 332 g/mol. The van der Waals surface area contributed by atoms with Crippen molar-refractivity contribution in [2.24, 2.45) is 0 Å². The van der Waals surface area contributed by atoms with E-state index in [0.717, 1.165) is 32.3 Å². The third-order valence-electron chi connectivity index (χ3n) is 5.22. The monoisotopic (exact) mass is 374 g/mol. The van der Waals surface area contributed by atoms with Gasteiger partial charge in [-0.25, -0.2) is 0 Å².